The highest BCUT2D eigenvalue weighted by molar-refractivity contribution is 6.31. The molecule has 0 aromatic heterocycles. The molecule has 0 saturated heterocycles. The molecule has 2 aromatic carbocycles. The summed E-state index contributed by atoms with van der Waals surface area (Å²) in [6, 6.07) is 13.2. The number of rotatable bonds is 1. The van der Waals surface area contributed by atoms with Crippen LogP contribution < -0.4 is 0 Å². The minimum absolute atomic E-state index is 0.325. The Labute approximate surface area is 97.7 Å². The summed E-state index contributed by atoms with van der Waals surface area (Å²) in [7, 11) is 0. The van der Waals surface area contributed by atoms with E-state index in [-0.39, 0.29) is 5.82 Å². The van der Waals surface area contributed by atoms with Crippen molar-refractivity contribution in [2.75, 3.05) is 0 Å². The Bertz CT molecular complexity index is 572. The lowest BCUT2D eigenvalue weighted by molar-refractivity contribution is 0.631. The van der Waals surface area contributed by atoms with Crippen molar-refractivity contribution in [2.45, 2.75) is 0 Å². The van der Waals surface area contributed by atoms with E-state index in [0.717, 1.165) is 0 Å². The summed E-state index contributed by atoms with van der Waals surface area (Å²) in [6.45, 7) is 0. The molecule has 0 radical (unpaired) electrons. The van der Waals surface area contributed by atoms with Gasteiger partial charge in [-0.3, -0.25) is 0 Å². The van der Waals surface area contributed by atoms with E-state index in [9.17, 15) is 4.39 Å². The van der Waals surface area contributed by atoms with Crippen LogP contribution in [0.2, 0.25) is 5.02 Å². The third kappa shape index (κ3) is 2.05. The first-order valence-corrected chi connectivity index (χ1v) is 5.04. The van der Waals surface area contributed by atoms with Crippen molar-refractivity contribution in [3.05, 3.63) is 58.9 Å². The molecule has 2 aromatic rings. The first-order valence-electron chi connectivity index (χ1n) is 4.66. The van der Waals surface area contributed by atoms with Gasteiger partial charge in [-0.2, -0.15) is 5.26 Å². The Morgan fingerprint density at radius 2 is 1.88 bits per heavy atom. The van der Waals surface area contributed by atoms with Crippen LogP contribution in [-0.2, 0) is 0 Å². The molecule has 16 heavy (non-hydrogen) atoms. The first kappa shape index (κ1) is 10.7. The van der Waals surface area contributed by atoms with Gasteiger partial charge in [-0.25, -0.2) is 4.39 Å². The number of benzene rings is 2. The molecular formula is C13H7ClFN. The van der Waals surface area contributed by atoms with Crippen molar-refractivity contribution >= 4 is 11.6 Å². The van der Waals surface area contributed by atoms with Gasteiger partial charge in [0.05, 0.1) is 11.6 Å². The molecule has 0 heterocycles. The van der Waals surface area contributed by atoms with Crippen molar-refractivity contribution in [3.8, 4) is 17.2 Å². The molecule has 0 bridgehead atoms. The lowest BCUT2D eigenvalue weighted by Gasteiger charge is -2.04. The number of nitrogens with zero attached hydrogens (tertiary/aromatic N) is 1. The van der Waals surface area contributed by atoms with E-state index in [1.807, 2.05) is 6.07 Å². The van der Waals surface area contributed by atoms with E-state index in [1.165, 1.54) is 6.07 Å². The topological polar surface area (TPSA) is 23.8 Å². The monoisotopic (exact) mass is 231 g/mol. The average Bonchev–Trinajstić information content (AvgIpc) is 2.28. The maximum Gasteiger partial charge on any atom is 0.131 e. The third-order valence-corrected chi connectivity index (χ3v) is 2.43. The summed E-state index contributed by atoms with van der Waals surface area (Å²) in [5.74, 6) is -0.325. The maximum absolute atomic E-state index is 13.5. The Kier molecular flexibility index (Phi) is 2.89. The van der Waals surface area contributed by atoms with Crippen molar-refractivity contribution < 1.29 is 4.39 Å². The van der Waals surface area contributed by atoms with Crippen LogP contribution >= 0.6 is 11.6 Å². The SMILES string of the molecule is N#Cc1cc(Cl)cc(-c2ccccc2F)c1. The smallest absolute Gasteiger partial charge is 0.131 e. The Morgan fingerprint density at radius 1 is 1.12 bits per heavy atom. The van der Waals surface area contributed by atoms with Crippen molar-refractivity contribution in [3.63, 3.8) is 0 Å². The zero-order valence-electron chi connectivity index (χ0n) is 8.24. The van der Waals surface area contributed by atoms with Gasteiger partial charge in [0.15, 0.2) is 0 Å². The molecule has 0 atom stereocenters. The van der Waals surface area contributed by atoms with Crippen LogP contribution in [0, 0.1) is 17.1 Å². The summed E-state index contributed by atoms with van der Waals surface area (Å²) in [4.78, 5) is 0. The Morgan fingerprint density at radius 3 is 2.56 bits per heavy atom. The van der Waals surface area contributed by atoms with Gasteiger partial charge in [-0.05, 0) is 29.8 Å². The summed E-state index contributed by atoms with van der Waals surface area (Å²) in [5, 5.41) is 9.23. The molecule has 0 amide bonds. The third-order valence-electron chi connectivity index (χ3n) is 2.21. The van der Waals surface area contributed by atoms with Gasteiger partial charge in [0.2, 0.25) is 0 Å². The second-order valence-corrected chi connectivity index (χ2v) is 3.76. The molecule has 0 spiro atoms. The number of nitriles is 1. The highest BCUT2D eigenvalue weighted by Crippen LogP contribution is 2.26. The van der Waals surface area contributed by atoms with Gasteiger partial charge in [0, 0.05) is 10.6 Å². The van der Waals surface area contributed by atoms with Crippen LogP contribution in [0.4, 0.5) is 4.39 Å². The number of halogens is 2. The zero-order valence-corrected chi connectivity index (χ0v) is 9.00. The summed E-state index contributed by atoms with van der Waals surface area (Å²) < 4.78 is 13.5. The lowest BCUT2D eigenvalue weighted by Crippen LogP contribution is -1.85. The molecule has 0 N–H and O–H groups in total. The average molecular weight is 232 g/mol. The highest BCUT2D eigenvalue weighted by Gasteiger charge is 2.06. The van der Waals surface area contributed by atoms with Crippen LogP contribution in [0.25, 0.3) is 11.1 Å². The van der Waals surface area contributed by atoms with Crippen LogP contribution in [-0.4, -0.2) is 0 Å². The van der Waals surface area contributed by atoms with Crippen LogP contribution in [0.15, 0.2) is 42.5 Å². The molecular weight excluding hydrogens is 225 g/mol. The fourth-order valence-electron chi connectivity index (χ4n) is 1.51. The van der Waals surface area contributed by atoms with E-state index in [1.54, 1.807) is 36.4 Å². The minimum Gasteiger partial charge on any atom is -0.206 e. The summed E-state index contributed by atoms with van der Waals surface area (Å²) in [6.07, 6.45) is 0. The fraction of sp³-hybridized carbons (Fsp3) is 0. The second-order valence-electron chi connectivity index (χ2n) is 3.32. The molecule has 0 aliphatic heterocycles. The molecule has 0 unspecified atom stereocenters. The number of hydrogen-bond donors (Lipinski definition) is 0. The van der Waals surface area contributed by atoms with Crippen molar-refractivity contribution in [1.29, 1.82) is 5.26 Å². The predicted molar refractivity (Wildman–Crippen MR) is 61.6 cm³/mol. The molecule has 3 heteroatoms. The van der Waals surface area contributed by atoms with E-state index in [4.69, 9.17) is 16.9 Å². The maximum atomic E-state index is 13.5. The fourth-order valence-corrected chi connectivity index (χ4v) is 1.74. The van der Waals surface area contributed by atoms with E-state index in [0.29, 0.717) is 21.7 Å². The predicted octanol–water partition coefficient (Wildman–Crippen LogP) is 4.02. The Balaban J connectivity index is 2.61. The quantitative estimate of drug-likeness (QED) is 0.727. The minimum atomic E-state index is -0.325. The molecule has 1 nitrogen and oxygen atoms in total. The van der Waals surface area contributed by atoms with E-state index < -0.39 is 0 Å². The molecule has 0 aliphatic rings. The molecule has 0 fully saturated rings. The van der Waals surface area contributed by atoms with Crippen LogP contribution in [0.3, 0.4) is 0 Å². The molecule has 2 rings (SSSR count). The summed E-state index contributed by atoms with van der Waals surface area (Å²) >= 11 is 5.86. The zero-order chi connectivity index (χ0) is 11.5. The molecule has 0 aliphatic carbocycles. The summed E-state index contributed by atoms with van der Waals surface area (Å²) in [5.41, 5.74) is 1.48. The molecule has 78 valence electrons. The Hall–Kier alpha value is -1.85. The number of hydrogen-bond acceptors (Lipinski definition) is 1. The second kappa shape index (κ2) is 4.34. The first-order chi connectivity index (χ1) is 7.70. The van der Waals surface area contributed by atoms with Crippen molar-refractivity contribution in [1.82, 2.24) is 0 Å². The normalized spacial score (nSPS) is 9.81. The van der Waals surface area contributed by atoms with Gasteiger partial charge in [-0.15, -0.1) is 0 Å². The lowest BCUT2D eigenvalue weighted by atomic mass is 10.0. The van der Waals surface area contributed by atoms with Crippen LogP contribution in [0.5, 0.6) is 0 Å². The largest absolute Gasteiger partial charge is 0.206 e. The van der Waals surface area contributed by atoms with Crippen molar-refractivity contribution in [2.24, 2.45) is 0 Å². The van der Waals surface area contributed by atoms with E-state index >= 15 is 0 Å². The standard InChI is InChI=1S/C13H7ClFN/c14-11-6-9(8-16)5-10(7-11)12-3-1-2-4-13(12)15/h1-7H. The van der Waals surface area contributed by atoms with Gasteiger partial charge in [-0.1, -0.05) is 29.8 Å². The van der Waals surface area contributed by atoms with E-state index in [2.05, 4.69) is 0 Å². The van der Waals surface area contributed by atoms with Gasteiger partial charge in [0.25, 0.3) is 0 Å². The molecule has 0 saturated carbocycles. The van der Waals surface area contributed by atoms with Gasteiger partial charge in [0.1, 0.15) is 5.82 Å². The van der Waals surface area contributed by atoms with Crippen LogP contribution in [0.1, 0.15) is 5.56 Å². The highest BCUT2D eigenvalue weighted by atomic mass is 35.5. The van der Waals surface area contributed by atoms with Gasteiger partial charge >= 0.3 is 0 Å². The van der Waals surface area contributed by atoms with Gasteiger partial charge < -0.3 is 0 Å².